The molecular formula is C11H16INO3S. The average molecular weight is 369 g/mol. The first-order valence-electron chi connectivity index (χ1n) is 5.17. The lowest BCUT2D eigenvalue weighted by molar-refractivity contribution is 0.246. The molecule has 0 saturated heterocycles. The molecule has 0 amide bonds. The monoisotopic (exact) mass is 369 g/mol. The van der Waals surface area contributed by atoms with E-state index in [-0.39, 0.29) is 11.5 Å². The van der Waals surface area contributed by atoms with Crippen LogP contribution in [0.5, 0.6) is 0 Å². The molecule has 0 aliphatic carbocycles. The molecule has 0 radical (unpaired) electrons. The van der Waals surface area contributed by atoms with Crippen molar-refractivity contribution in [2.24, 2.45) is 0 Å². The van der Waals surface area contributed by atoms with Crippen molar-refractivity contribution in [1.29, 1.82) is 0 Å². The second-order valence-electron chi connectivity index (χ2n) is 4.42. The van der Waals surface area contributed by atoms with E-state index in [4.69, 9.17) is 5.11 Å². The number of aliphatic hydroxyl groups excluding tert-OH is 1. The smallest absolute Gasteiger partial charge is 0.241 e. The number of rotatable bonds is 5. The van der Waals surface area contributed by atoms with Gasteiger partial charge < -0.3 is 5.11 Å². The normalized spacial score (nSPS) is 12.7. The lowest BCUT2D eigenvalue weighted by Gasteiger charge is -2.24. The molecule has 0 aliphatic heterocycles. The molecule has 17 heavy (non-hydrogen) atoms. The summed E-state index contributed by atoms with van der Waals surface area (Å²) in [5.74, 6) is 0. The van der Waals surface area contributed by atoms with E-state index < -0.39 is 15.6 Å². The molecule has 0 spiro atoms. The number of halogens is 1. The number of nitrogens with one attached hydrogen (secondary N) is 1. The van der Waals surface area contributed by atoms with Crippen LogP contribution in [0.25, 0.3) is 0 Å². The zero-order valence-corrected chi connectivity index (χ0v) is 12.7. The Kier molecular flexibility index (Phi) is 4.94. The Hall–Kier alpha value is -0.180. The molecule has 2 N–H and O–H groups in total. The van der Waals surface area contributed by atoms with Crippen LogP contribution in [0.1, 0.15) is 20.3 Å². The van der Waals surface area contributed by atoms with Crippen molar-refractivity contribution in [1.82, 2.24) is 4.72 Å². The quantitative estimate of drug-likeness (QED) is 0.777. The van der Waals surface area contributed by atoms with E-state index in [0.29, 0.717) is 6.42 Å². The second-order valence-corrected chi connectivity index (χ2v) is 7.34. The van der Waals surface area contributed by atoms with Crippen LogP contribution >= 0.6 is 22.6 Å². The highest BCUT2D eigenvalue weighted by Gasteiger charge is 2.25. The highest BCUT2D eigenvalue weighted by atomic mass is 127. The Morgan fingerprint density at radius 3 is 2.29 bits per heavy atom. The molecule has 6 heteroatoms. The van der Waals surface area contributed by atoms with Crippen LogP contribution in [0.3, 0.4) is 0 Å². The van der Waals surface area contributed by atoms with E-state index in [9.17, 15) is 8.42 Å². The van der Waals surface area contributed by atoms with Gasteiger partial charge in [0.15, 0.2) is 0 Å². The average Bonchev–Trinajstić information content (AvgIpc) is 2.16. The lowest BCUT2D eigenvalue weighted by Crippen LogP contribution is -2.43. The van der Waals surface area contributed by atoms with Crippen LogP contribution in [0.4, 0.5) is 0 Å². The Labute approximate surface area is 116 Å². The minimum atomic E-state index is -3.52. The predicted octanol–water partition coefficient (Wildman–Crippen LogP) is 1.73. The molecule has 4 nitrogen and oxygen atoms in total. The Morgan fingerprint density at radius 1 is 1.29 bits per heavy atom. The van der Waals surface area contributed by atoms with Crippen LogP contribution in [0, 0.1) is 3.57 Å². The number of aliphatic hydroxyl groups is 1. The fourth-order valence-electron chi connectivity index (χ4n) is 1.37. The van der Waals surface area contributed by atoms with Crippen molar-refractivity contribution >= 4 is 32.6 Å². The van der Waals surface area contributed by atoms with Gasteiger partial charge in [0.25, 0.3) is 0 Å². The van der Waals surface area contributed by atoms with E-state index in [1.165, 1.54) is 0 Å². The molecular weight excluding hydrogens is 353 g/mol. The maximum absolute atomic E-state index is 12.0. The maximum Gasteiger partial charge on any atom is 0.241 e. The predicted molar refractivity (Wildman–Crippen MR) is 75.3 cm³/mol. The van der Waals surface area contributed by atoms with Gasteiger partial charge in [-0.25, -0.2) is 13.1 Å². The first-order chi connectivity index (χ1) is 7.77. The van der Waals surface area contributed by atoms with Gasteiger partial charge in [-0.3, -0.25) is 0 Å². The van der Waals surface area contributed by atoms with Gasteiger partial charge in [-0.2, -0.15) is 0 Å². The van der Waals surface area contributed by atoms with Gasteiger partial charge in [-0.05, 0) is 67.1 Å². The minimum absolute atomic E-state index is 0.0534. The van der Waals surface area contributed by atoms with Crippen molar-refractivity contribution in [3.63, 3.8) is 0 Å². The van der Waals surface area contributed by atoms with Gasteiger partial charge in [0, 0.05) is 15.7 Å². The molecule has 0 unspecified atom stereocenters. The van der Waals surface area contributed by atoms with E-state index in [1.54, 1.807) is 38.1 Å². The van der Waals surface area contributed by atoms with Gasteiger partial charge in [0.2, 0.25) is 10.0 Å². The molecule has 0 aliphatic rings. The number of hydrogen-bond acceptors (Lipinski definition) is 3. The van der Waals surface area contributed by atoms with Crippen molar-refractivity contribution in [3.05, 3.63) is 27.8 Å². The summed E-state index contributed by atoms with van der Waals surface area (Å²) < 4.78 is 27.6. The molecule has 96 valence electrons. The van der Waals surface area contributed by atoms with Crippen molar-refractivity contribution in [2.45, 2.75) is 30.7 Å². The summed E-state index contributed by atoms with van der Waals surface area (Å²) in [6.07, 6.45) is 0.372. The van der Waals surface area contributed by atoms with E-state index in [1.807, 2.05) is 0 Å². The molecule has 0 atom stereocenters. The zero-order chi connectivity index (χ0) is 13.1. The van der Waals surface area contributed by atoms with Crippen LogP contribution in [0.2, 0.25) is 0 Å². The summed E-state index contributed by atoms with van der Waals surface area (Å²) in [5.41, 5.74) is -0.656. The second kappa shape index (κ2) is 5.64. The van der Waals surface area contributed by atoms with E-state index in [2.05, 4.69) is 27.3 Å². The fourth-order valence-corrected chi connectivity index (χ4v) is 3.17. The summed E-state index contributed by atoms with van der Waals surface area (Å²) in [5, 5.41) is 8.87. The van der Waals surface area contributed by atoms with Gasteiger partial charge in [-0.1, -0.05) is 0 Å². The van der Waals surface area contributed by atoms with Gasteiger partial charge in [-0.15, -0.1) is 0 Å². The van der Waals surface area contributed by atoms with Crippen LogP contribution < -0.4 is 4.72 Å². The van der Waals surface area contributed by atoms with E-state index >= 15 is 0 Å². The van der Waals surface area contributed by atoms with Crippen molar-refractivity contribution < 1.29 is 13.5 Å². The molecule has 0 fully saturated rings. The van der Waals surface area contributed by atoms with Gasteiger partial charge >= 0.3 is 0 Å². The van der Waals surface area contributed by atoms with Gasteiger partial charge in [0.05, 0.1) is 4.90 Å². The SMILES string of the molecule is CC(C)(CCO)NS(=O)(=O)c1ccc(I)cc1. The first-order valence-corrected chi connectivity index (χ1v) is 7.73. The van der Waals surface area contributed by atoms with E-state index in [0.717, 1.165) is 3.57 Å². The largest absolute Gasteiger partial charge is 0.396 e. The minimum Gasteiger partial charge on any atom is -0.396 e. The third-order valence-electron chi connectivity index (χ3n) is 2.27. The van der Waals surface area contributed by atoms with Gasteiger partial charge in [0.1, 0.15) is 0 Å². The molecule has 1 aromatic carbocycles. The fraction of sp³-hybridized carbons (Fsp3) is 0.455. The number of hydrogen-bond donors (Lipinski definition) is 2. The summed E-state index contributed by atoms with van der Waals surface area (Å²) in [4.78, 5) is 0.240. The Morgan fingerprint density at radius 2 is 1.82 bits per heavy atom. The number of benzene rings is 1. The lowest BCUT2D eigenvalue weighted by atomic mass is 10.0. The number of sulfonamides is 1. The Bertz CT molecular complexity index is 468. The summed E-state index contributed by atoms with van der Waals surface area (Å²) in [7, 11) is -3.52. The van der Waals surface area contributed by atoms with Crippen LogP contribution in [-0.2, 0) is 10.0 Å². The standard InChI is InChI=1S/C11H16INO3S/c1-11(2,7-8-14)13-17(15,16)10-5-3-9(12)4-6-10/h3-6,13-14H,7-8H2,1-2H3. The van der Waals surface area contributed by atoms with Crippen LogP contribution in [0.15, 0.2) is 29.2 Å². The molecule has 0 aromatic heterocycles. The third-order valence-corrected chi connectivity index (χ3v) is 4.70. The molecule has 1 rings (SSSR count). The summed E-state index contributed by atoms with van der Waals surface area (Å²) >= 11 is 2.12. The topological polar surface area (TPSA) is 66.4 Å². The Balaban J connectivity index is 2.93. The molecule has 1 aromatic rings. The molecule has 0 saturated carbocycles. The maximum atomic E-state index is 12.0. The van der Waals surface area contributed by atoms with Crippen molar-refractivity contribution in [2.75, 3.05) is 6.61 Å². The summed E-state index contributed by atoms with van der Waals surface area (Å²) in [6.45, 7) is 3.43. The van der Waals surface area contributed by atoms with Crippen LogP contribution in [-0.4, -0.2) is 25.7 Å². The summed E-state index contributed by atoms with van der Waals surface area (Å²) in [6, 6.07) is 6.63. The zero-order valence-electron chi connectivity index (χ0n) is 9.77. The highest BCUT2D eigenvalue weighted by Crippen LogP contribution is 2.16. The third kappa shape index (κ3) is 4.53. The molecule has 0 bridgehead atoms. The molecule has 0 heterocycles. The van der Waals surface area contributed by atoms with Crippen molar-refractivity contribution in [3.8, 4) is 0 Å². The first kappa shape index (κ1) is 14.9. The highest BCUT2D eigenvalue weighted by molar-refractivity contribution is 14.1.